The van der Waals surface area contributed by atoms with Crippen LogP contribution in [0.2, 0.25) is 5.02 Å². The third-order valence-corrected chi connectivity index (χ3v) is 9.49. The largest absolute Gasteiger partial charge is 0.480 e. The van der Waals surface area contributed by atoms with Gasteiger partial charge < -0.3 is 29.6 Å². The molecule has 0 aliphatic carbocycles. The minimum Gasteiger partial charge on any atom is -0.480 e. The standard InChI is InChI=1S/C36H30ClF5N4O7/c1-34(2,3)53-33(49)45-11-7-10-24(45)35(17-8-5-4-6-9-17)14-19-21(52-35)13-20(38)27(37)25(19)26-18(31(43)47)12-22-29(28(26)39)51-30-23(50-22)15-44-46(32(30)48)16-36(40,41)42/h4-6,8-9,12-13,15,24H,7,10-11,14,16H2,1-3H3,(H2,43,47)/t24-,35-/m0/s1. The van der Waals surface area contributed by atoms with Gasteiger partial charge in [0.05, 0.1) is 22.8 Å². The Kier molecular flexibility index (Phi) is 8.58. The van der Waals surface area contributed by atoms with Crippen molar-refractivity contribution in [1.82, 2.24) is 14.7 Å². The van der Waals surface area contributed by atoms with Gasteiger partial charge in [-0.25, -0.2) is 18.3 Å². The number of nitrogens with two attached hydrogens (primary N) is 1. The van der Waals surface area contributed by atoms with Crippen molar-refractivity contribution in [3.63, 3.8) is 0 Å². The molecule has 3 aromatic carbocycles. The second kappa shape index (κ2) is 12.6. The van der Waals surface area contributed by atoms with Crippen LogP contribution in [0, 0.1) is 11.6 Å². The Morgan fingerprint density at radius 1 is 1.04 bits per heavy atom. The lowest BCUT2D eigenvalue weighted by Crippen LogP contribution is -2.53. The smallest absolute Gasteiger partial charge is 0.410 e. The van der Waals surface area contributed by atoms with Gasteiger partial charge in [0.1, 0.15) is 23.7 Å². The summed E-state index contributed by atoms with van der Waals surface area (Å²) in [5.41, 5.74) is 1.35. The van der Waals surface area contributed by atoms with Gasteiger partial charge in [0.25, 0.3) is 0 Å². The second-order valence-electron chi connectivity index (χ2n) is 13.8. The number of carbonyl (C=O) groups is 2. The number of carbonyl (C=O) groups excluding carboxylic acids is 2. The van der Waals surface area contributed by atoms with Crippen molar-refractivity contribution in [1.29, 1.82) is 0 Å². The molecule has 2 atom stereocenters. The summed E-state index contributed by atoms with van der Waals surface area (Å²) in [6, 6.07) is 10.2. The summed E-state index contributed by atoms with van der Waals surface area (Å²) in [5.74, 6) is -6.27. The first-order valence-electron chi connectivity index (χ1n) is 16.3. The minimum atomic E-state index is -4.83. The summed E-state index contributed by atoms with van der Waals surface area (Å²) in [6.07, 6.45) is -3.77. The molecule has 3 aliphatic heterocycles. The summed E-state index contributed by atoms with van der Waals surface area (Å²) < 4.78 is 95.7. The molecule has 3 aliphatic rings. The Morgan fingerprint density at radius 2 is 1.75 bits per heavy atom. The molecule has 1 fully saturated rings. The molecule has 0 bridgehead atoms. The first-order chi connectivity index (χ1) is 24.9. The number of alkyl halides is 3. The number of primary amides is 1. The third-order valence-electron chi connectivity index (χ3n) is 9.12. The molecule has 11 nitrogen and oxygen atoms in total. The molecule has 7 rings (SSSR count). The number of likely N-dealkylation sites (tertiary alicyclic amines) is 1. The van der Waals surface area contributed by atoms with Gasteiger partial charge in [-0.1, -0.05) is 41.9 Å². The highest BCUT2D eigenvalue weighted by atomic mass is 35.5. The Bertz CT molecular complexity index is 2240. The summed E-state index contributed by atoms with van der Waals surface area (Å²) in [5, 5.41) is 2.83. The molecule has 0 radical (unpaired) electrons. The van der Waals surface area contributed by atoms with Crippen LogP contribution >= 0.6 is 11.6 Å². The lowest BCUT2D eigenvalue weighted by molar-refractivity contribution is -0.143. The van der Waals surface area contributed by atoms with E-state index in [2.05, 4.69) is 5.10 Å². The molecule has 1 saturated heterocycles. The van der Waals surface area contributed by atoms with E-state index in [-0.39, 0.29) is 28.0 Å². The van der Waals surface area contributed by atoms with Gasteiger partial charge >= 0.3 is 17.8 Å². The number of halogens is 6. The van der Waals surface area contributed by atoms with Crippen LogP contribution in [-0.2, 0) is 23.3 Å². The number of rotatable bonds is 5. The van der Waals surface area contributed by atoms with E-state index < -0.39 is 98.3 Å². The van der Waals surface area contributed by atoms with Crippen molar-refractivity contribution in [2.24, 2.45) is 5.73 Å². The van der Waals surface area contributed by atoms with E-state index in [4.69, 9.17) is 36.3 Å². The lowest BCUT2D eigenvalue weighted by atomic mass is 9.79. The maximum Gasteiger partial charge on any atom is 0.410 e. The highest BCUT2D eigenvalue weighted by Crippen LogP contribution is 2.55. The van der Waals surface area contributed by atoms with Gasteiger partial charge in [0.2, 0.25) is 17.4 Å². The van der Waals surface area contributed by atoms with Crippen LogP contribution in [0.3, 0.4) is 0 Å². The van der Waals surface area contributed by atoms with Crippen LogP contribution in [0.25, 0.3) is 11.1 Å². The molecule has 4 heterocycles. The average molecular weight is 761 g/mol. The molecule has 17 heteroatoms. The van der Waals surface area contributed by atoms with Gasteiger partial charge in [-0.3, -0.25) is 9.59 Å². The van der Waals surface area contributed by atoms with E-state index in [1.165, 1.54) is 0 Å². The van der Waals surface area contributed by atoms with Crippen LogP contribution < -0.4 is 25.5 Å². The molecule has 2 amide bonds. The zero-order chi connectivity index (χ0) is 38.2. The number of fused-ring (bicyclic) bond motifs is 3. The predicted octanol–water partition coefficient (Wildman–Crippen LogP) is 7.63. The fourth-order valence-electron chi connectivity index (χ4n) is 7.06. The zero-order valence-electron chi connectivity index (χ0n) is 28.3. The summed E-state index contributed by atoms with van der Waals surface area (Å²) in [7, 11) is 0. The number of hydrogen-bond donors (Lipinski definition) is 1. The number of hydrogen-bond acceptors (Lipinski definition) is 8. The van der Waals surface area contributed by atoms with E-state index in [0.29, 0.717) is 24.9 Å². The maximum atomic E-state index is 17.0. The topological polar surface area (TPSA) is 135 Å². The summed E-state index contributed by atoms with van der Waals surface area (Å²) in [6.45, 7) is 3.74. The van der Waals surface area contributed by atoms with Crippen LogP contribution in [0.5, 0.6) is 28.7 Å². The molecule has 1 aromatic heterocycles. The Balaban J connectivity index is 1.40. The highest BCUT2D eigenvalue weighted by molar-refractivity contribution is 6.34. The summed E-state index contributed by atoms with van der Waals surface area (Å²) >= 11 is 6.61. The Labute approximate surface area is 302 Å². The molecular formula is C36H30ClF5N4O7. The fraction of sp³-hybridized carbons (Fsp3) is 0.333. The normalized spacial score (nSPS) is 19.0. The highest BCUT2D eigenvalue weighted by Gasteiger charge is 2.54. The molecule has 53 heavy (non-hydrogen) atoms. The Hall–Kier alpha value is -5.38. The van der Waals surface area contributed by atoms with Gasteiger partial charge in [0.15, 0.2) is 22.9 Å². The maximum absolute atomic E-state index is 17.0. The third kappa shape index (κ3) is 6.28. The van der Waals surface area contributed by atoms with Crippen molar-refractivity contribution < 1.29 is 50.5 Å². The molecule has 2 N–H and O–H groups in total. The second-order valence-corrected chi connectivity index (χ2v) is 14.2. The van der Waals surface area contributed by atoms with E-state index in [9.17, 15) is 27.6 Å². The van der Waals surface area contributed by atoms with Crippen molar-refractivity contribution in [3.8, 4) is 39.9 Å². The average Bonchev–Trinajstić information content (AvgIpc) is 3.72. The molecule has 4 aromatic rings. The van der Waals surface area contributed by atoms with Crippen LogP contribution in [-0.4, -0.2) is 51.0 Å². The minimum absolute atomic E-state index is 0.0597. The first kappa shape index (κ1) is 36.0. The number of nitrogens with zero attached hydrogens (tertiary/aromatic N) is 3. The van der Waals surface area contributed by atoms with Crippen molar-refractivity contribution in [2.75, 3.05) is 6.54 Å². The van der Waals surface area contributed by atoms with E-state index in [1.54, 1.807) is 56.0 Å². The van der Waals surface area contributed by atoms with E-state index in [1.807, 2.05) is 0 Å². The Morgan fingerprint density at radius 3 is 2.42 bits per heavy atom. The number of aromatic nitrogens is 2. The molecule has 0 spiro atoms. The van der Waals surface area contributed by atoms with Crippen molar-refractivity contribution >= 4 is 23.6 Å². The number of benzene rings is 3. The van der Waals surface area contributed by atoms with Gasteiger partial charge in [-0.2, -0.15) is 18.3 Å². The molecule has 0 saturated carbocycles. The number of ether oxygens (including phenoxy) is 4. The van der Waals surface area contributed by atoms with E-state index >= 15 is 8.78 Å². The molecule has 278 valence electrons. The van der Waals surface area contributed by atoms with E-state index in [0.717, 1.165) is 18.3 Å². The van der Waals surface area contributed by atoms with Gasteiger partial charge in [0, 0.05) is 35.7 Å². The van der Waals surface area contributed by atoms with Crippen LogP contribution in [0.1, 0.15) is 55.1 Å². The van der Waals surface area contributed by atoms with Gasteiger partial charge in [-0.05, 0) is 45.2 Å². The predicted molar refractivity (Wildman–Crippen MR) is 178 cm³/mol. The molecule has 0 unspecified atom stereocenters. The summed E-state index contributed by atoms with van der Waals surface area (Å²) in [4.78, 5) is 41.0. The lowest BCUT2D eigenvalue weighted by Gasteiger charge is -2.40. The molecular weight excluding hydrogens is 731 g/mol. The first-order valence-corrected chi connectivity index (χ1v) is 16.7. The van der Waals surface area contributed by atoms with Crippen molar-refractivity contribution in [3.05, 3.63) is 92.4 Å². The van der Waals surface area contributed by atoms with Crippen LogP contribution in [0.4, 0.5) is 26.7 Å². The number of amides is 2. The van der Waals surface area contributed by atoms with Crippen molar-refractivity contribution in [2.45, 2.75) is 70.0 Å². The van der Waals surface area contributed by atoms with Crippen LogP contribution in [0.15, 0.2) is 53.5 Å². The zero-order valence-corrected chi connectivity index (χ0v) is 29.0. The fourth-order valence-corrected chi connectivity index (χ4v) is 7.32. The SMILES string of the molecule is CC(C)(C)OC(=O)N1CCC[C@H]1[C@@]1(c2ccccc2)Cc2c(cc(F)c(Cl)c2-c2c(C(N)=O)cc3c(c2F)Oc2c(cnn(CC(F)(F)F)c2=O)O3)O1. The monoisotopic (exact) mass is 760 g/mol. The van der Waals surface area contributed by atoms with Gasteiger partial charge in [-0.15, -0.1) is 0 Å². The quantitative estimate of drug-likeness (QED) is 0.181.